The number of benzene rings is 2. The van der Waals surface area contributed by atoms with Crippen LogP contribution in [-0.4, -0.2) is 30.0 Å². The average molecular weight is 340 g/mol. The predicted octanol–water partition coefficient (Wildman–Crippen LogP) is 2.53. The van der Waals surface area contributed by atoms with Crippen LogP contribution in [0.1, 0.15) is 10.4 Å². The van der Waals surface area contributed by atoms with Gasteiger partial charge in [0.1, 0.15) is 5.75 Å². The summed E-state index contributed by atoms with van der Waals surface area (Å²) in [7, 11) is 1.49. The molecule has 0 heterocycles. The number of hydrogen-bond donors (Lipinski definition) is 3. The molecule has 7 heteroatoms. The minimum Gasteiger partial charge on any atom is -0.495 e. The van der Waals surface area contributed by atoms with Crippen LogP contribution in [0, 0.1) is 0 Å². The van der Waals surface area contributed by atoms with Crippen LogP contribution in [0.15, 0.2) is 60.7 Å². The van der Waals surface area contributed by atoms with E-state index in [0.717, 1.165) is 6.08 Å². The SMILES string of the molecule is COc1ccccc1NC(=O)c1ccccc1NC(=O)/C=C/C(=O)O. The van der Waals surface area contributed by atoms with Crippen LogP contribution in [-0.2, 0) is 9.59 Å². The molecule has 0 saturated carbocycles. The Bertz CT molecular complexity index is 830. The van der Waals surface area contributed by atoms with Gasteiger partial charge in [0.25, 0.3) is 5.91 Å². The summed E-state index contributed by atoms with van der Waals surface area (Å²) in [5.74, 6) is -1.83. The largest absolute Gasteiger partial charge is 0.495 e. The number of nitrogens with one attached hydrogen (secondary N) is 2. The molecule has 0 atom stereocenters. The van der Waals surface area contributed by atoms with Crippen molar-refractivity contribution in [3.05, 3.63) is 66.2 Å². The zero-order valence-electron chi connectivity index (χ0n) is 13.4. The topological polar surface area (TPSA) is 105 Å². The molecule has 128 valence electrons. The number of carbonyl (C=O) groups excluding carboxylic acids is 2. The molecule has 0 aromatic heterocycles. The lowest BCUT2D eigenvalue weighted by Crippen LogP contribution is -2.17. The fraction of sp³-hybridized carbons (Fsp3) is 0.0556. The summed E-state index contributed by atoms with van der Waals surface area (Å²) in [6.07, 6.45) is 1.59. The number of carboxylic acids is 1. The van der Waals surface area contributed by atoms with E-state index in [4.69, 9.17) is 9.84 Å². The first kappa shape index (κ1) is 17.7. The minimum absolute atomic E-state index is 0.227. The van der Waals surface area contributed by atoms with E-state index in [1.807, 2.05) is 0 Å². The van der Waals surface area contributed by atoms with Gasteiger partial charge >= 0.3 is 5.97 Å². The number of anilines is 2. The highest BCUT2D eigenvalue weighted by Gasteiger charge is 2.14. The number of aliphatic carboxylic acids is 1. The number of methoxy groups -OCH3 is 1. The van der Waals surface area contributed by atoms with E-state index in [1.165, 1.54) is 7.11 Å². The highest BCUT2D eigenvalue weighted by Crippen LogP contribution is 2.25. The Morgan fingerprint density at radius 2 is 1.56 bits per heavy atom. The fourth-order valence-corrected chi connectivity index (χ4v) is 2.05. The van der Waals surface area contributed by atoms with Gasteiger partial charge in [-0.2, -0.15) is 0 Å². The van der Waals surface area contributed by atoms with Crippen molar-refractivity contribution in [3.8, 4) is 5.75 Å². The molecule has 2 amide bonds. The summed E-state index contributed by atoms with van der Waals surface area (Å²) in [6.45, 7) is 0. The van der Waals surface area contributed by atoms with Gasteiger partial charge in [-0.25, -0.2) is 4.79 Å². The van der Waals surface area contributed by atoms with Gasteiger partial charge in [0.2, 0.25) is 5.91 Å². The Morgan fingerprint density at radius 3 is 2.24 bits per heavy atom. The Kier molecular flexibility index (Phi) is 5.89. The van der Waals surface area contributed by atoms with Crippen LogP contribution < -0.4 is 15.4 Å². The summed E-state index contributed by atoms with van der Waals surface area (Å²) in [5.41, 5.74) is 0.974. The summed E-state index contributed by atoms with van der Waals surface area (Å²) in [5, 5.41) is 13.7. The van der Waals surface area contributed by atoms with E-state index in [9.17, 15) is 14.4 Å². The molecule has 0 aliphatic rings. The molecular formula is C18H16N2O5. The number of hydrogen-bond acceptors (Lipinski definition) is 4. The van der Waals surface area contributed by atoms with Crippen molar-refractivity contribution in [2.24, 2.45) is 0 Å². The van der Waals surface area contributed by atoms with Gasteiger partial charge in [0, 0.05) is 12.2 Å². The van der Waals surface area contributed by atoms with E-state index < -0.39 is 17.8 Å². The smallest absolute Gasteiger partial charge is 0.328 e. The van der Waals surface area contributed by atoms with Gasteiger partial charge < -0.3 is 20.5 Å². The molecule has 25 heavy (non-hydrogen) atoms. The molecule has 0 saturated heterocycles. The Balaban J connectivity index is 2.20. The first-order chi connectivity index (χ1) is 12.0. The Morgan fingerprint density at radius 1 is 0.920 bits per heavy atom. The second-order valence-corrected chi connectivity index (χ2v) is 4.86. The molecule has 0 bridgehead atoms. The van der Waals surface area contributed by atoms with Gasteiger partial charge in [0.15, 0.2) is 0 Å². The number of amides is 2. The molecular weight excluding hydrogens is 324 g/mol. The molecule has 3 N–H and O–H groups in total. The van der Waals surface area contributed by atoms with Crippen molar-refractivity contribution in [1.29, 1.82) is 0 Å². The first-order valence-corrected chi connectivity index (χ1v) is 7.26. The normalized spacial score (nSPS) is 10.3. The van der Waals surface area contributed by atoms with Gasteiger partial charge in [-0.1, -0.05) is 24.3 Å². The van der Waals surface area contributed by atoms with Crippen LogP contribution in [0.5, 0.6) is 5.75 Å². The van der Waals surface area contributed by atoms with Gasteiger partial charge in [-0.15, -0.1) is 0 Å². The van der Waals surface area contributed by atoms with Crippen molar-refractivity contribution in [2.75, 3.05) is 17.7 Å². The number of carbonyl (C=O) groups is 3. The highest BCUT2D eigenvalue weighted by molar-refractivity contribution is 6.12. The lowest BCUT2D eigenvalue weighted by Gasteiger charge is -2.12. The number of ether oxygens (including phenoxy) is 1. The van der Waals surface area contributed by atoms with E-state index in [1.54, 1.807) is 48.5 Å². The number of rotatable bonds is 6. The second-order valence-electron chi connectivity index (χ2n) is 4.86. The van der Waals surface area contributed by atoms with Crippen LogP contribution in [0.4, 0.5) is 11.4 Å². The highest BCUT2D eigenvalue weighted by atomic mass is 16.5. The fourth-order valence-electron chi connectivity index (χ4n) is 2.05. The van der Waals surface area contributed by atoms with Gasteiger partial charge in [-0.05, 0) is 24.3 Å². The zero-order chi connectivity index (χ0) is 18.2. The van der Waals surface area contributed by atoms with Gasteiger partial charge in [-0.3, -0.25) is 9.59 Å². The van der Waals surface area contributed by atoms with Crippen LogP contribution in [0.2, 0.25) is 0 Å². The van der Waals surface area contributed by atoms with Crippen molar-refractivity contribution in [1.82, 2.24) is 0 Å². The maximum absolute atomic E-state index is 12.5. The van der Waals surface area contributed by atoms with Crippen molar-refractivity contribution in [3.63, 3.8) is 0 Å². The lowest BCUT2D eigenvalue weighted by molar-refractivity contribution is -0.131. The van der Waals surface area contributed by atoms with Gasteiger partial charge in [0.05, 0.1) is 24.0 Å². The predicted molar refractivity (Wildman–Crippen MR) is 92.8 cm³/mol. The molecule has 0 aliphatic heterocycles. The van der Waals surface area contributed by atoms with E-state index in [-0.39, 0.29) is 11.3 Å². The third kappa shape index (κ3) is 4.93. The maximum atomic E-state index is 12.5. The van der Waals surface area contributed by atoms with Crippen molar-refractivity contribution < 1.29 is 24.2 Å². The summed E-state index contributed by atoms with van der Waals surface area (Å²) in [6, 6.07) is 13.3. The Labute approximate surface area is 143 Å². The Hall–Kier alpha value is -3.61. The average Bonchev–Trinajstić information content (AvgIpc) is 2.61. The monoisotopic (exact) mass is 340 g/mol. The molecule has 0 spiro atoms. The molecule has 2 aromatic rings. The molecule has 0 fully saturated rings. The minimum atomic E-state index is -1.24. The summed E-state index contributed by atoms with van der Waals surface area (Å²) in [4.78, 5) is 34.7. The van der Waals surface area contributed by atoms with Crippen LogP contribution in [0.25, 0.3) is 0 Å². The summed E-state index contributed by atoms with van der Waals surface area (Å²) >= 11 is 0. The van der Waals surface area contributed by atoms with E-state index in [2.05, 4.69) is 10.6 Å². The standard InChI is InChI=1S/C18H16N2O5/c1-25-15-9-5-4-8-14(15)20-18(24)12-6-2-3-7-13(12)19-16(21)10-11-17(22)23/h2-11H,1H3,(H,19,21)(H,20,24)(H,22,23)/b11-10+. The molecule has 2 rings (SSSR count). The molecule has 0 aliphatic carbocycles. The third-order valence-corrected chi connectivity index (χ3v) is 3.16. The molecule has 7 nitrogen and oxygen atoms in total. The quantitative estimate of drug-likeness (QED) is 0.701. The first-order valence-electron chi connectivity index (χ1n) is 7.26. The lowest BCUT2D eigenvalue weighted by atomic mass is 10.1. The van der Waals surface area contributed by atoms with Crippen molar-refractivity contribution in [2.45, 2.75) is 0 Å². The van der Waals surface area contributed by atoms with Crippen LogP contribution >= 0.6 is 0 Å². The van der Waals surface area contributed by atoms with E-state index in [0.29, 0.717) is 17.5 Å². The molecule has 0 radical (unpaired) electrons. The van der Waals surface area contributed by atoms with Crippen LogP contribution in [0.3, 0.4) is 0 Å². The molecule has 0 unspecified atom stereocenters. The van der Waals surface area contributed by atoms with Crippen molar-refractivity contribution >= 4 is 29.2 Å². The molecule has 2 aromatic carbocycles. The third-order valence-electron chi connectivity index (χ3n) is 3.16. The number of para-hydroxylation sites is 3. The van der Waals surface area contributed by atoms with E-state index >= 15 is 0 Å². The maximum Gasteiger partial charge on any atom is 0.328 e. The summed E-state index contributed by atoms with van der Waals surface area (Å²) < 4.78 is 5.18. The second kappa shape index (κ2) is 8.30. The number of carboxylic acid groups (broad SMARTS) is 1. The zero-order valence-corrected chi connectivity index (χ0v) is 13.4.